The Bertz CT molecular complexity index is 1050. The number of hydrogen-bond donors (Lipinski definition) is 1. The highest BCUT2D eigenvalue weighted by Crippen LogP contribution is 2.42. The number of carbonyl (C=O) groups excluding carboxylic acids is 1. The van der Waals surface area contributed by atoms with Gasteiger partial charge < -0.3 is 24.5 Å². The minimum atomic E-state index is -0.520. The van der Waals surface area contributed by atoms with Gasteiger partial charge in [-0.25, -0.2) is 9.97 Å². The smallest absolute Gasteiger partial charge is 0.231 e. The van der Waals surface area contributed by atoms with E-state index < -0.39 is 6.10 Å². The van der Waals surface area contributed by atoms with Crippen LogP contribution in [0.25, 0.3) is 0 Å². The van der Waals surface area contributed by atoms with Gasteiger partial charge in [0.05, 0.1) is 23.8 Å². The van der Waals surface area contributed by atoms with Crippen LogP contribution in [-0.2, 0) is 9.53 Å². The number of nitrogens with zero attached hydrogens (tertiary/aromatic N) is 5. The van der Waals surface area contributed by atoms with Crippen molar-refractivity contribution in [2.24, 2.45) is 0 Å². The number of anilines is 1. The second kappa shape index (κ2) is 11.0. The van der Waals surface area contributed by atoms with E-state index in [1.165, 1.54) is 0 Å². The fraction of sp³-hybridized carbons (Fsp3) is 0.593. The molecule has 0 bridgehead atoms. The van der Waals surface area contributed by atoms with Gasteiger partial charge >= 0.3 is 0 Å². The Labute approximate surface area is 218 Å². The predicted molar refractivity (Wildman–Crippen MR) is 139 cm³/mol. The average Bonchev–Trinajstić information content (AvgIpc) is 3.21. The van der Waals surface area contributed by atoms with Gasteiger partial charge in [-0.15, -0.1) is 0 Å². The molecule has 2 aliphatic heterocycles. The van der Waals surface area contributed by atoms with Crippen molar-refractivity contribution in [1.29, 1.82) is 0 Å². The summed E-state index contributed by atoms with van der Waals surface area (Å²) in [5, 5.41) is 11.0. The van der Waals surface area contributed by atoms with Crippen LogP contribution in [0.3, 0.4) is 0 Å². The van der Waals surface area contributed by atoms with Crippen LogP contribution in [0.1, 0.15) is 60.9 Å². The maximum absolute atomic E-state index is 13.9. The van der Waals surface area contributed by atoms with E-state index in [0.717, 1.165) is 48.6 Å². The first kappa shape index (κ1) is 25.4. The topological polar surface area (TPSA) is 82.0 Å². The Kier molecular flexibility index (Phi) is 7.76. The lowest BCUT2D eigenvalue weighted by molar-refractivity contribution is -0.133. The maximum atomic E-state index is 13.9. The molecular weight excluding hydrogens is 478 g/mol. The first-order valence-electron chi connectivity index (χ1n) is 13.0. The van der Waals surface area contributed by atoms with Gasteiger partial charge in [0.2, 0.25) is 5.91 Å². The minimum Gasteiger partial charge on any atom is -0.387 e. The summed E-state index contributed by atoms with van der Waals surface area (Å²) in [7, 11) is 1.78. The van der Waals surface area contributed by atoms with Crippen molar-refractivity contribution in [1.82, 2.24) is 19.8 Å². The molecule has 1 N–H and O–H groups in total. The Morgan fingerprint density at radius 1 is 1.11 bits per heavy atom. The number of rotatable bonds is 6. The van der Waals surface area contributed by atoms with Gasteiger partial charge in [-0.2, -0.15) is 0 Å². The van der Waals surface area contributed by atoms with Crippen LogP contribution in [0.4, 0.5) is 5.82 Å². The second-order valence-corrected chi connectivity index (χ2v) is 10.7. The molecule has 2 saturated heterocycles. The van der Waals surface area contributed by atoms with Gasteiger partial charge in [0, 0.05) is 63.5 Å². The summed E-state index contributed by atoms with van der Waals surface area (Å²) in [6.45, 7) is 7.41. The quantitative estimate of drug-likeness (QED) is 0.635. The van der Waals surface area contributed by atoms with Crippen LogP contribution in [0.15, 0.2) is 30.6 Å². The van der Waals surface area contributed by atoms with E-state index in [-0.39, 0.29) is 17.7 Å². The summed E-state index contributed by atoms with van der Waals surface area (Å²) < 4.78 is 5.53. The number of aromatic nitrogens is 2. The third kappa shape index (κ3) is 5.23. The van der Waals surface area contributed by atoms with Crippen molar-refractivity contribution in [3.05, 3.63) is 52.4 Å². The van der Waals surface area contributed by atoms with E-state index in [1.54, 1.807) is 13.4 Å². The van der Waals surface area contributed by atoms with E-state index in [4.69, 9.17) is 16.3 Å². The lowest BCUT2D eigenvalue weighted by atomic mass is 9.95. The molecule has 1 aromatic carbocycles. The lowest BCUT2D eigenvalue weighted by Crippen LogP contribution is -2.52. The van der Waals surface area contributed by atoms with Crippen molar-refractivity contribution in [2.45, 2.75) is 50.2 Å². The average molecular weight is 514 g/mol. The maximum Gasteiger partial charge on any atom is 0.231 e. The zero-order valence-electron chi connectivity index (χ0n) is 21.1. The zero-order valence-corrected chi connectivity index (χ0v) is 21.9. The van der Waals surface area contributed by atoms with E-state index in [9.17, 15) is 9.90 Å². The number of benzene rings is 1. The molecule has 2 aromatic rings. The molecule has 9 heteroatoms. The molecule has 194 valence electrons. The summed E-state index contributed by atoms with van der Waals surface area (Å²) in [5.74, 6) is 1.07. The fourth-order valence-corrected chi connectivity index (χ4v) is 6.05. The Hall–Kier alpha value is -2.26. The number of ether oxygens (including phenoxy) is 1. The van der Waals surface area contributed by atoms with Gasteiger partial charge in [-0.3, -0.25) is 4.79 Å². The molecule has 3 heterocycles. The SMILES string of the molecule is COC1CCN(CC(C(=O)N2CCN(c3ncnc4c3[C@H](C)C[C@H]4O)CC2)c2ccc(Cl)cc2)CC1. The van der Waals surface area contributed by atoms with Crippen molar-refractivity contribution >= 4 is 23.3 Å². The monoisotopic (exact) mass is 513 g/mol. The van der Waals surface area contributed by atoms with E-state index in [1.807, 2.05) is 29.2 Å². The van der Waals surface area contributed by atoms with Gasteiger partial charge in [0.1, 0.15) is 12.1 Å². The van der Waals surface area contributed by atoms with Crippen LogP contribution in [0.2, 0.25) is 5.02 Å². The van der Waals surface area contributed by atoms with Crippen molar-refractivity contribution in [3.8, 4) is 0 Å². The number of aliphatic hydroxyl groups excluding tert-OH is 1. The molecule has 2 fully saturated rings. The number of likely N-dealkylation sites (tertiary alicyclic amines) is 1. The van der Waals surface area contributed by atoms with Crippen LogP contribution in [-0.4, -0.2) is 89.8 Å². The van der Waals surface area contributed by atoms with Crippen LogP contribution < -0.4 is 4.90 Å². The molecule has 8 nitrogen and oxygen atoms in total. The second-order valence-electron chi connectivity index (χ2n) is 10.3. The molecule has 1 aliphatic carbocycles. The number of amides is 1. The van der Waals surface area contributed by atoms with E-state index >= 15 is 0 Å². The number of hydrogen-bond acceptors (Lipinski definition) is 7. The molecule has 1 amide bonds. The predicted octanol–water partition coefficient (Wildman–Crippen LogP) is 3.21. The number of piperidine rings is 1. The summed E-state index contributed by atoms with van der Waals surface area (Å²) in [6.07, 6.45) is 4.01. The summed E-state index contributed by atoms with van der Waals surface area (Å²) >= 11 is 6.15. The fourth-order valence-electron chi connectivity index (χ4n) is 5.92. The van der Waals surface area contributed by atoms with Crippen LogP contribution in [0.5, 0.6) is 0 Å². The van der Waals surface area contributed by atoms with E-state index in [0.29, 0.717) is 50.3 Å². The van der Waals surface area contributed by atoms with Crippen LogP contribution >= 0.6 is 11.6 Å². The Morgan fingerprint density at radius 3 is 2.47 bits per heavy atom. The lowest BCUT2D eigenvalue weighted by Gasteiger charge is -2.39. The van der Waals surface area contributed by atoms with Crippen molar-refractivity contribution in [3.63, 3.8) is 0 Å². The Morgan fingerprint density at radius 2 is 1.81 bits per heavy atom. The van der Waals surface area contributed by atoms with Gasteiger partial charge in [-0.1, -0.05) is 30.7 Å². The van der Waals surface area contributed by atoms with Gasteiger partial charge in [0.15, 0.2) is 0 Å². The normalized spacial score (nSPS) is 24.1. The molecule has 0 radical (unpaired) electrons. The number of fused-ring (bicyclic) bond motifs is 1. The molecule has 1 unspecified atom stereocenters. The minimum absolute atomic E-state index is 0.169. The standard InChI is InChI=1S/C27H36ClN5O3/c1-18-15-23(34)25-24(18)26(30-17-29-25)32-11-13-33(14-12-32)27(35)22(19-3-5-20(28)6-4-19)16-31-9-7-21(36-2)8-10-31/h3-6,17-18,21-23,34H,7-16H2,1-2H3/t18-,22?,23-/m1/s1. The highest BCUT2D eigenvalue weighted by Gasteiger charge is 2.35. The van der Waals surface area contributed by atoms with Gasteiger partial charge in [0.25, 0.3) is 0 Å². The first-order chi connectivity index (χ1) is 17.4. The summed E-state index contributed by atoms with van der Waals surface area (Å²) in [6, 6.07) is 7.72. The molecule has 3 aliphatic rings. The summed E-state index contributed by atoms with van der Waals surface area (Å²) in [4.78, 5) is 29.4. The third-order valence-corrected chi connectivity index (χ3v) is 8.30. The molecule has 1 aromatic heterocycles. The Balaban J connectivity index is 1.28. The van der Waals surface area contributed by atoms with Crippen molar-refractivity contribution < 1.29 is 14.6 Å². The highest BCUT2D eigenvalue weighted by molar-refractivity contribution is 6.30. The van der Waals surface area contributed by atoms with Crippen LogP contribution in [0, 0.1) is 0 Å². The number of methoxy groups -OCH3 is 1. The molecule has 0 saturated carbocycles. The molecule has 5 rings (SSSR count). The molecular formula is C27H36ClN5O3. The molecule has 36 heavy (non-hydrogen) atoms. The van der Waals surface area contributed by atoms with E-state index in [2.05, 4.69) is 26.7 Å². The van der Waals surface area contributed by atoms with Gasteiger partial charge in [-0.05, 0) is 42.9 Å². The zero-order chi connectivity index (χ0) is 25.2. The number of carbonyl (C=O) groups is 1. The summed E-state index contributed by atoms with van der Waals surface area (Å²) in [5.41, 5.74) is 2.83. The number of aliphatic hydroxyl groups is 1. The largest absolute Gasteiger partial charge is 0.387 e. The number of piperazine rings is 1. The van der Waals surface area contributed by atoms with Crippen molar-refractivity contribution in [2.75, 3.05) is 57.8 Å². The number of halogens is 1. The molecule has 0 spiro atoms. The molecule has 3 atom stereocenters. The third-order valence-electron chi connectivity index (χ3n) is 8.05. The first-order valence-corrected chi connectivity index (χ1v) is 13.4. The highest BCUT2D eigenvalue weighted by atomic mass is 35.5.